The van der Waals surface area contributed by atoms with Crippen molar-refractivity contribution in [2.45, 2.75) is 0 Å². The van der Waals surface area contributed by atoms with Crippen molar-refractivity contribution in [3.63, 3.8) is 0 Å². The number of phenols is 1. The molecule has 1 amide bonds. The molecular weight excluding hydrogens is 332 g/mol. The first-order chi connectivity index (χ1) is 12.2. The molecular formula is C20H14N2O2S. The minimum atomic E-state index is -0.135. The number of carbonyl (C=O) groups is 1. The SMILES string of the molecule is O=C(Nc1ccc(-c2nc3ccc(O)cc3s2)cc1)c1ccccc1. The first kappa shape index (κ1) is 15.4. The number of aromatic nitrogens is 1. The van der Waals surface area contributed by atoms with Crippen molar-refractivity contribution in [3.8, 4) is 16.3 Å². The van der Waals surface area contributed by atoms with Crippen molar-refractivity contribution in [1.29, 1.82) is 0 Å². The van der Waals surface area contributed by atoms with Gasteiger partial charge in [0, 0.05) is 16.8 Å². The largest absolute Gasteiger partial charge is 0.508 e. The summed E-state index contributed by atoms with van der Waals surface area (Å²) in [6, 6.07) is 21.8. The number of rotatable bonds is 3. The van der Waals surface area contributed by atoms with Crippen LogP contribution in [0.4, 0.5) is 5.69 Å². The summed E-state index contributed by atoms with van der Waals surface area (Å²) in [5.41, 5.74) is 3.19. The van der Waals surface area contributed by atoms with Gasteiger partial charge in [-0.3, -0.25) is 4.79 Å². The Balaban J connectivity index is 1.56. The number of benzene rings is 3. The fraction of sp³-hybridized carbons (Fsp3) is 0. The lowest BCUT2D eigenvalue weighted by Gasteiger charge is -2.05. The molecule has 0 aliphatic carbocycles. The molecule has 25 heavy (non-hydrogen) atoms. The van der Waals surface area contributed by atoms with Crippen LogP contribution in [0.3, 0.4) is 0 Å². The van der Waals surface area contributed by atoms with Crippen LogP contribution in [0.25, 0.3) is 20.8 Å². The molecule has 1 heterocycles. The van der Waals surface area contributed by atoms with Crippen molar-refractivity contribution in [2.75, 3.05) is 5.32 Å². The van der Waals surface area contributed by atoms with Crippen LogP contribution in [-0.4, -0.2) is 16.0 Å². The van der Waals surface area contributed by atoms with Crippen molar-refractivity contribution >= 4 is 33.1 Å². The van der Waals surface area contributed by atoms with E-state index in [2.05, 4.69) is 10.3 Å². The predicted molar refractivity (Wildman–Crippen MR) is 101 cm³/mol. The van der Waals surface area contributed by atoms with E-state index < -0.39 is 0 Å². The molecule has 0 saturated heterocycles. The molecule has 4 rings (SSSR count). The number of aromatic hydroxyl groups is 1. The Hall–Kier alpha value is -3.18. The first-order valence-electron chi connectivity index (χ1n) is 7.75. The van der Waals surface area contributed by atoms with E-state index in [4.69, 9.17) is 0 Å². The van der Waals surface area contributed by atoms with E-state index in [0.29, 0.717) is 5.56 Å². The van der Waals surface area contributed by atoms with Gasteiger partial charge in [0.25, 0.3) is 5.91 Å². The van der Waals surface area contributed by atoms with Crippen LogP contribution in [-0.2, 0) is 0 Å². The summed E-state index contributed by atoms with van der Waals surface area (Å²) in [7, 11) is 0. The molecule has 0 saturated carbocycles. The Labute approximate surface area is 148 Å². The van der Waals surface area contributed by atoms with E-state index in [-0.39, 0.29) is 11.7 Å². The van der Waals surface area contributed by atoms with E-state index in [1.807, 2.05) is 42.5 Å². The lowest BCUT2D eigenvalue weighted by Crippen LogP contribution is -2.11. The molecule has 0 fully saturated rings. The predicted octanol–water partition coefficient (Wildman–Crippen LogP) is 4.92. The summed E-state index contributed by atoms with van der Waals surface area (Å²) in [6.45, 7) is 0. The van der Waals surface area contributed by atoms with Crippen LogP contribution < -0.4 is 5.32 Å². The van der Waals surface area contributed by atoms with Crippen LogP contribution in [0.1, 0.15) is 10.4 Å². The zero-order valence-corrected chi connectivity index (χ0v) is 14.0. The van der Waals surface area contributed by atoms with Gasteiger partial charge in [0.2, 0.25) is 0 Å². The van der Waals surface area contributed by atoms with Gasteiger partial charge in [-0.25, -0.2) is 4.98 Å². The van der Waals surface area contributed by atoms with Gasteiger partial charge < -0.3 is 10.4 Å². The standard InChI is InChI=1S/C20H14N2O2S/c23-16-10-11-17-18(12-16)25-20(22-17)14-6-8-15(9-7-14)21-19(24)13-4-2-1-3-5-13/h1-12,23H,(H,21,24). The maximum absolute atomic E-state index is 12.2. The smallest absolute Gasteiger partial charge is 0.255 e. The number of nitrogens with zero attached hydrogens (tertiary/aromatic N) is 1. The highest BCUT2D eigenvalue weighted by Crippen LogP contribution is 2.32. The van der Waals surface area contributed by atoms with Crippen molar-refractivity contribution in [1.82, 2.24) is 4.98 Å². The molecule has 4 nitrogen and oxygen atoms in total. The lowest BCUT2D eigenvalue weighted by atomic mass is 10.2. The summed E-state index contributed by atoms with van der Waals surface area (Å²) in [4.78, 5) is 16.8. The molecule has 122 valence electrons. The highest BCUT2D eigenvalue weighted by molar-refractivity contribution is 7.21. The minimum Gasteiger partial charge on any atom is -0.508 e. The van der Waals surface area contributed by atoms with Crippen LogP contribution in [0.5, 0.6) is 5.75 Å². The minimum absolute atomic E-state index is 0.135. The Morgan fingerprint density at radius 2 is 1.72 bits per heavy atom. The van der Waals surface area contributed by atoms with Gasteiger partial charge >= 0.3 is 0 Å². The van der Waals surface area contributed by atoms with Crippen LogP contribution in [0.2, 0.25) is 0 Å². The number of anilines is 1. The summed E-state index contributed by atoms with van der Waals surface area (Å²) < 4.78 is 0.941. The zero-order chi connectivity index (χ0) is 17.2. The number of hydrogen-bond acceptors (Lipinski definition) is 4. The first-order valence-corrected chi connectivity index (χ1v) is 8.57. The van der Waals surface area contributed by atoms with Crippen molar-refractivity contribution in [3.05, 3.63) is 78.4 Å². The molecule has 0 bridgehead atoms. The highest BCUT2D eigenvalue weighted by atomic mass is 32.1. The van der Waals surface area contributed by atoms with Crippen LogP contribution >= 0.6 is 11.3 Å². The molecule has 5 heteroatoms. The van der Waals surface area contributed by atoms with Crippen LogP contribution in [0, 0.1) is 0 Å². The number of hydrogen-bond donors (Lipinski definition) is 2. The normalized spacial score (nSPS) is 10.7. The average Bonchev–Trinajstić information content (AvgIpc) is 3.06. The summed E-state index contributed by atoms with van der Waals surface area (Å²) in [5.74, 6) is 0.102. The molecule has 0 radical (unpaired) electrons. The van der Waals surface area contributed by atoms with Gasteiger partial charge in [-0.05, 0) is 54.6 Å². The quantitative estimate of drug-likeness (QED) is 0.553. The molecule has 0 unspecified atom stereocenters. The third-order valence-corrected chi connectivity index (χ3v) is 4.86. The van der Waals surface area contributed by atoms with Gasteiger partial charge in [-0.1, -0.05) is 18.2 Å². The molecule has 0 spiro atoms. The molecule has 3 aromatic carbocycles. The summed E-state index contributed by atoms with van der Waals surface area (Å²) in [5, 5.41) is 13.3. The highest BCUT2D eigenvalue weighted by Gasteiger charge is 2.08. The van der Waals surface area contributed by atoms with E-state index in [1.54, 1.807) is 30.3 Å². The summed E-state index contributed by atoms with van der Waals surface area (Å²) in [6.07, 6.45) is 0. The van der Waals surface area contributed by atoms with E-state index >= 15 is 0 Å². The van der Waals surface area contributed by atoms with E-state index in [0.717, 1.165) is 26.5 Å². The Morgan fingerprint density at radius 3 is 2.48 bits per heavy atom. The second kappa shape index (κ2) is 6.37. The van der Waals surface area contributed by atoms with Crippen molar-refractivity contribution in [2.24, 2.45) is 0 Å². The van der Waals surface area contributed by atoms with E-state index in [9.17, 15) is 9.90 Å². The van der Waals surface area contributed by atoms with Gasteiger partial charge in [0.1, 0.15) is 10.8 Å². The Bertz CT molecular complexity index is 1040. The number of phenolic OH excluding ortho intramolecular Hbond substituents is 1. The van der Waals surface area contributed by atoms with Gasteiger partial charge in [-0.15, -0.1) is 11.3 Å². The molecule has 4 aromatic rings. The maximum atomic E-state index is 12.2. The maximum Gasteiger partial charge on any atom is 0.255 e. The fourth-order valence-corrected chi connectivity index (χ4v) is 3.53. The lowest BCUT2D eigenvalue weighted by molar-refractivity contribution is 0.102. The zero-order valence-electron chi connectivity index (χ0n) is 13.1. The fourth-order valence-electron chi connectivity index (χ4n) is 2.53. The second-order valence-corrected chi connectivity index (χ2v) is 6.60. The molecule has 1 aromatic heterocycles. The van der Waals surface area contributed by atoms with E-state index in [1.165, 1.54) is 11.3 Å². The van der Waals surface area contributed by atoms with Crippen molar-refractivity contribution < 1.29 is 9.90 Å². The molecule has 2 N–H and O–H groups in total. The van der Waals surface area contributed by atoms with Crippen LogP contribution in [0.15, 0.2) is 72.8 Å². The number of fused-ring (bicyclic) bond motifs is 1. The Kier molecular flexibility index (Phi) is 3.91. The molecule has 0 atom stereocenters. The average molecular weight is 346 g/mol. The molecule has 0 aliphatic heterocycles. The number of carbonyl (C=O) groups excluding carboxylic acids is 1. The number of amides is 1. The summed E-state index contributed by atoms with van der Waals surface area (Å²) >= 11 is 1.52. The number of nitrogens with one attached hydrogen (secondary N) is 1. The monoisotopic (exact) mass is 346 g/mol. The topological polar surface area (TPSA) is 62.2 Å². The van der Waals surface area contributed by atoms with Gasteiger partial charge in [0.05, 0.1) is 10.2 Å². The second-order valence-electron chi connectivity index (χ2n) is 5.57. The Morgan fingerprint density at radius 1 is 0.960 bits per heavy atom. The third kappa shape index (κ3) is 3.22. The van der Waals surface area contributed by atoms with Gasteiger partial charge in [0.15, 0.2) is 0 Å². The molecule has 0 aliphatic rings. The third-order valence-electron chi connectivity index (χ3n) is 3.80. The van der Waals surface area contributed by atoms with Gasteiger partial charge in [-0.2, -0.15) is 0 Å². The number of thiazole rings is 1.